The molecule has 2 fully saturated rings. The maximum atomic E-state index is 13.6. The summed E-state index contributed by atoms with van der Waals surface area (Å²) in [5.74, 6) is -2.26. The second-order valence-corrected chi connectivity index (χ2v) is 12.6. The Balaban J connectivity index is 1.48. The summed E-state index contributed by atoms with van der Waals surface area (Å²) in [6.45, 7) is 2.22. The van der Waals surface area contributed by atoms with Crippen LogP contribution in [0.15, 0.2) is 24.3 Å². The highest BCUT2D eigenvalue weighted by Gasteiger charge is 2.57. The van der Waals surface area contributed by atoms with Gasteiger partial charge in [-0.15, -0.1) is 0 Å². The number of halogens is 1. The number of alkyl halides is 1. The van der Waals surface area contributed by atoms with Crippen molar-refractivity contribution in [2.45, 2.75) is 61.9 Å². The van der Waals surface area contributed by atoms with Crippen LogP contribution >= 0.6 is 15.9 Å². The number of methoxy groups -OCH3 is 1. The first-order valence-corrected chi connectivity index (χ1v) is 15.2. The van der Waals surface area contributed by atoms with Gasteiger partial charge >= 0.3 is 17.9 Å². The van der Waals surface area contributed by atoms with Crippen LogP contribution in [0.2, 0.25) is 0 Å². The predicted octanol–water partition coefficient (Wildman–Crippen LogP) is 3.06. The van der Waals surface area contributed by atoms with Gasteiger partial charge in [-0.25, -0.2) is 0 Å². The normalized spacial score (nSPS) is 30.2. The number of benzene rings is 2. The lowest BCUT2D eigenvalue weighted by Gasteiger charge is -2.47. The fourth-order valence-electron chi connectivity index (χ4n) is 7.05. The lowest BCUT2D eigenvalue weighted by molar-refractivity contribution is -0.183. The molecule has 0 amide bonds. The van der Waals surface area contributed by atoms with Gasteiger partial charge in [-0.1, -0.05) is 15.9 Å². The molecule has 12 nitrogen and oxygen atoms in total. The highest BCUT2D eigenvalue weighted by molar-refractivity contribution is 9.09. The predicted molar refractivity (Wildman–Crippen MR) is 154 cm³/mol. The van der Waals surface area contributed by atoms with E-state index in [0.29, 0.717) is 23.5 Å². The van der Waals surface area contributed by atoms with E-state index < -0.39 is 54.6 Å². The van der Waals surface area contributed by atoms with Crippen molar-refractivity contribution in [1.29, 1.82) is 0 Å². The zero-order valence-electron chi connectivity index (χ0n) is 24.3. The summed E-state index contributed by atoms with van der Waals surface area (Å²) >= 11 is 3.78. The smallest absolute Gasteiger partial charge is 0.310 e. The number of carbonyl (C=O) groups excluding carboxylic acids is 3. The molecule has 13 heteroatoms. The van der Waals surface area contributed by atoms with Crippen molar-refractivity contribution in [2.75, 3.05) is 27.1 Å². The number of cyclic esters (lactones) is 1. The van der Waals surface area contributed by atoms with Gasteiger partial charge in [0, 0.05) is 48.4 Å². The highest BCUT2D eigenvalue weighted by atomic mass is 79.9. The number of carbonyl (C=O) groups is 3. The summed E-state index contributed by atoms with van der Waals surface area (Å²) in [6, 6.07) is 7.10. The molecule has 1 aliphatic carbocycles. The van der Waals surface area contributed by atoms with Crippen molar-refractivity contribution >= 4 is 33.8 Å². The Bertz CT molecular complexity index is 1450. The minimum atomic E-state index is -0.748. The first kappa shape index (κ1) is 30.5. The van der Waals surface area contributed by atoms with Gasteiger partial charge in [-0.3, -0.25) is 14.4 Å². The second-order valence-electron chi connectivity index (χ2n) is 11.4. The zero-order chi connectivity index (χ0) is 31.3. The third-order valence-corrected chi connectivity index (χ3v) is 9.75. The van der Waals surface area contributed by atoms with Crippen LogP contribution in [0.25, 0.3) is 0 Å². The number of ether oxygens (including phenoxy) is 7. The molecule has 3 heterocycles. The summed E-state index contributed by atoms with van der Waals surface area (Å²) in [5, 5.41) is 20.6. The molecule has 2 N–H and O–H groups in total. The number of phenols is 1. The minimum absolute atomic E-state index is 0.0413. The molecule has 8 unspecified atom stereocenters. The third-order valence-electron chi connectivity index (χ3n) is 8.85. The Morgan fingerprint density at radius 2 is 1.75 bits per heavy atom. The van der Waals surface area contributed by atoms with Gasteiger partial charge in [0.1, 0.15) is 18.8 Å². The van der Waals surface area contributed by atoms with Crippen LogP contribution in [0.3, 0.4) is 0 Å². The van der Waals surface area contributed by atoms with Crippen LogP contribution in [0.4, 0.5) is 0 Å². The number of rotatable bonds is 7. The molecule has 2 aromatic rings. The van der Waals surface area contributed by atoms with Gasteiger partial charge in [0.15, 0.2) is 23.0 Å². The van der Waals surface area contributed by atoms with E-state index in [1.807, 2.05) is 12.1 Å². The first-order valence-electron chi connectivity index (χ1n) is 14.3. The lowest BCUT2D eigenvalue weighted by Crippen LogP contribution is -2.53. The van der Waals surface area contributed by atoms with E-state index in [9.17, 15) is 24.6 Å². The first-order chi connectivity index (χ1) is 21.1. The average Bonchev–Trinajstić information content (AvgIpc) is 3.60. The van der Waals surface area contributed by atoms with Crippen molar-refractivity contribution in [2.24, 2.45) is 11.8 Å². The second kappa shape index (κ2) is 12.1. The van der Waals surface area contributed by atoms with Crippen LogP contribution in [-0.2, 0) is 39.9 Å². The molecule has 0 aromatic heterocycles. The van der Waals surface area contributed by atoms with Crippen LogP contribution in [0.1, 0.15) is 54.4 Å². The molecule has 0 saturated carbocycles. The minimum Gasteiger partial charge on any atom is -0.504 e. The van der Waals surface area contributed by atoms with Gasteiger partial charge in [-0.2, -0.15) is 0 Å². The maximum Gasteiger partial charge on any atom is 0.310 e. The maximum absolute atomic E-state index is 13.6. The van der Waals surface area contributed by atoms with E-state index in [2.05, 4.69) is 15.9 Å². The van der Waals surface area contributed by atoms with Crippen molar-refractivity contribution in [3.63, 3.8) is 0 Å². The Hall–Kier alpha value is -3.55. The Morgan fingerprint density at radius 3 is 2.41 bits per heavy atom. The molecule has 0 radical (unpaired) electrons. The third kappa shape index (κ3) is 5.34. The molecule has 6 rings (SSSR count). The standard InChI is InChI=1S/C31H33BrO12/c1-13(34)39-11-25-23(43-14(2)35)8-20(32)30(44-25)27-18-7-22-21(41-12-42-22)6-17(18)26(28-19(27)10-40-31(28)37)15-4-16(9-33)29(36)24(5-15)38-3/h4-7,19-20,23,25-28,30,33,36H,8-12H2,1-3H3. The monoisotopic (exact) mass is 676 g/mol. The van der Waals surface area contributed by atoms with Crippen LogP contribution in [0.5, 0.6) is 23.0 Å². The topological polar surface area (TPSA) is 156 Å². The summed E-state index contributed by atoms with van der Waals surface area (Å²) in [6.07, 6.45) is -1.59. The van der Waals surface area contributed by atoms with Crippen molar-refractivity contribution in [3.05, 3.63) is 46.5 Å². The van der Waals surface area contributed by atoms with Crippen LogP contribution < -0.4 is 14.2 Å². The number of hydrogen-bond acceptors (Lipinski definition) is 12. The molecule has 4 aliphatic rings. The summed E-state index contributed by atoms with van der Waals surface area (Å²) in [7, 11) is 1.42. The summed E-state index contributed by atoms with van der Waals surface area (Å²) < 4.78 is 40.1. The Morgan fingerprint density at radius 1 is 1.02 bits per heavy atom. The fourth-order valence-corrected chi connectivity index (χ4v) is 7.87. The number of aliphatic hydroxyl groups excluding tert-OH is 1. The molecule has 2 aromatic carbocycles. The quantitative estimate of drug-likeness (QED) is 0.251. The zero-order valence-corrected chi connectivity index (χ0v) is 25.9. The average molecular weight is 677 g/mol. The van der Waals surface area contributed by atoms with Crippen molar-refractivity contribution < 1.29 is 57.8 Å². The Kier molecular flexibility index (Phi) is 8.38. The number of aliphatic hydroxyl groups is 1. The van der Waals surface area contributed by atoms with E-state index in [0.717, 1.165) is 11.1 Å². The highest BCUT2D eigenvalue weighted by Crippen LogP contribution is 2.58. The van der Waals surface area contributed by atoms with Crippen molar-refractivity contribution in [1.82, 2.24) is 0 Å². The van der Waals surface area contributed by atoms with Gasteiger partial charge in [-0.05, 0) is 41.0 Å². The number of esters is 3. The summed E-state index contributed by atoms with van der Waals surface area (Å²) in [4.78, 5) is 36.8. The molecular formula is C31H33BrO12. The number of aromatic hydroxyl groups is 1. The molecule has 44 heavy (non-hydrogen) atoms. The molecule has 3 aliphatic heterocycles. The fraction of sp³-hybridized carbons (Fsp3) is 0.516. The largest absolute Gasteiger partial charge is 0.504 e. The van der Waals surface area contributed by atoms with E-state index in [1.165, 1.54) is 21.0 Å². The van der Waals surface area contributed by atoms with Crippen molar-refractivity contribution in [3.8, 4) is 23.0 Å². The summed E-state index contributed by atoms with van der Waals surface area (Å²) in [5.41, 5.74) is 2.53. The number of hydrogen-bond donors (Lipinski definition) is 2. The molecule has 2 saturated heterocycles. The van der Waals surface area contributed by atoms with Gasteiger partial charge in [0.2, 0.25) is 6.79 Å². The van der Waals surface area contributed by atoms with E-state index in [-0.39, 0.29) is 53.8 Å². The molecule has 8 atom stereocenters. The molecule has 0 bridgehead atoms. The van der Waals surface area contributed by atoms with E-state index >= 15 is 0 Å². The van der Waals surface area contributed by atoms with Gasteiger partial charge in [0.05, 0.1) is 32.3 Å². The van der Waals surface area contributed by atoms with Gasteiger partial charge < -0.3 is 43.4 Å². The van der Waals surface area contributed by atoms with E-state index in [1.54, 1.807) is 12.1 Å². The SMILES string of the molecule is COc1cc(C2c3cc4c(cc3C(C3OC(COC(C)=O)C(OC(C)=O)CC3Br)C3COC(=O)C23)OCO4)cc(CO)c1O. The van der Waals surface area contributed by atoms with Crippen LogP contribution in [-0.4, -0.2) is 78.4 Å². The lowest BCUT2D eigenvalue weighted by atomic mass is 9.60. The van der Waals surface area contributed by atoms with Crippen LogP contribution in [0, 0.1) is 11.8 Å². The number of fused-ring (bicyclic) bond motifs is 3. The molecule has 236 valence electrons. The molecule has 0 spiro atoms. The van der Waals surface area contributed by atoms with E-state index in [4.69, 9.17) is 33.2 Å². The van der Waals surface area contributed by atoms with Gasteiger partial charge in [0.25, 0.3) is 0 Å². The Labute approximate surface area is 261 Å². The molecular weight excluding hydrogens is 644 g/mol.